The minimum absolute atomic E-state index is 0.0153. The number of nitrogens with one attached hydrogen (secondary N) is 2. The fourth-order valence-electron chi connectivity index (χ4n) is 3.22. The number of carbonyl (C=O) groups is 1. The maximum absolute atomic E-state index is 14.6. The predicted octanol–water partition coefficient (Wildman–Crippen LogP) is 5.20. The lowest BCUT2D eigenvalue weighted by atomic mass is 10.2. The van der Waals surface area contributed by atoms with E-state index >= 15 is 0 Å². The van der Waals surface area contributed by atoms with E-state index in [1.165, 1.54) is 12.1 Å². The zero-order valence-corrected chi connectivity index (χ0v) is 17.3. The van der Waals surface area contributed by atoms with Crippen molar-refractivity contribution in [3.8, 4) is 22.8 Å². The highest BCUT2D eigenvalue weighted by Crippen LogP contribution is 2.28. The first-order chi connectivity index (χ1) is 16.0. The summed E-state index contributed by atoms with van der Waals surface area (Å²) in [6.07, 6.45) is 5.13. The summed E-state index contributed by atoms with van der Waals surface area (Å²) >= 11 is 0. The third-order valence-corrected chi connectivity index (χ3v) is 4.77. The first-order valence-electron chi connectivity index (χ1n) is 9.90. The molecule has 5 rings (SSSR count). The molecule has 0 spiro atoms. The lowest BCUT2D eigenvalue weighted by molar-refractivity contribution is 0.262. The van der Waals surface area contributed by atoms with Gasteiger partial charge in [-0.2, -0.15) is 5.10 Å². The van der Waals surface area contributed by atoms with Crippen LogP contribution in [-0.2, 0) is 7.05 Å². The average Bonchev–Trinajstić information content (AvgIpc) is 3.42. The topological polar surface area (TPSA) is 107 Å². The molecule has 0 aliphatic carbocycles. The van der Waals surface area contributed by atoms with Gasteiger partial charge in [0.1, 0.15) is 17.3 Å². The summed E-state index contributed by atoms with van der Waals surface area (Å²) in [5.41, 5.74) is 2.03. The molecular weight excluding hydrogens is 427 g/mol. The summed E-state index contributed by atoms with van der Waals surface area (Å²) in [7, 11) is 1.82. The van der Waals surface area contributed by atoms with Crippen LogP contribution in [0.2, 0.25) is 0 Å². The van der Waals surface area contributed by atoms with Gasteiger partial charge >= 0.3 is 6.03 Å². The number of benzene rings is 2. The van der Waals surface area contributed by atoms with Gasteiger partial charge in [0.15, 0.2) is 11.4 Å². The Morgan fingerprint density at radius 2 is 1.94 bits per heavy atom. The third kappa shape index (κ3) is 4.35. The molecule has 9 nitrogen and oxygen atoms in total. The minimum atomic E-state index is -0.658. The number of rotatable bonds is 5. The molecule has 33 heavy (non-hydrogen) atoms. The first-order valence-corrected chi connectivity index (χ1v) is 9.90. The van der Waals surface area contributed by atoms with Crippen molar-refractivity contribution in [1.29, 1.82) is 0 Å². The monoisotopic (exact) mass is 444 g/mol. The van der Waals surface area contributed by atoms with Crippen LogP contribution in [0.1, 0.15) is 0 Å². The number of nitrogens with zero attached hydrogens (tertiary/aromatic N) is 4. The Morgan fingerprint density at radius 1 is 1.09 bits per heavy atom. The van der Waals surface area contributed by atoms with Crippen molar-refractivity contribution in [2.24, 2.45) is 7.05 Å². The van der Waals surface area contributed by atoms with E-state index < -0.39 is 11.8 Å². The summed E-state index contributed by atoms with van der Waals surface area (Å²) in [5, 5.41) is 13.6. The fourth-order valence-corrected chi connectivity index (χ4v) is 3.22. The summed E-state index contributed by atoms with van der Waals surface area (Å²) < 4.78 is 27.2. The predicted molar refractivity (Wildman–Crippen MR) is 120 cm³/mol. The Morgan fingerprint density at radius 3 is 2.76 bits per heavy atom. The van der Waals surface area contributed by atoms with Crippen molar-refractivity contribution < 1.29 is 18.4 Å². The molecule has 0 atom stereocenters. The SMILES string of the molecule is Cn1cc(-c2cc(Oc3ccc(NC(=O)Nc4noc5ccccc45)c(F)c3)ccn2)cn1. The van der Waals surface area contributed by atoms with Crippen molar-refractivity contribution in [3.05, 3.63) is 79.0 Å². The Bertz CT molecular complexity index is 1460. The first kappa shape index (κ1) is 20.2. The van der Waals surface area contributed by atoms with Crippen LogP contribution in [-0.4, -0.2) is 26.0 Å². The highest BCUT2D eigenvalue weighted by Gasteiger charge is 2.13. The molecule has 2 aromatic carbocycles. The second-order valence-electron chi connectivity index (χ2n) is 7.13. The van der Waals surface area contributed by atoms with Crippen molar-refractivity contribution in [1.82, 2.24) is 19.9 Å². The molecule has 0 unspecified atom stereocenters. The fraction of sp³-hybridized carbons (Fsp3) is 0.0435. The van der Waals surface area contributed by atoms with Crippen molar-refractivity contribution in [2.75, 3.05) is 10.6 Å². The summed E-state index contributed by atoms with van der Waals surface area (Å²) in [5.74, 6) is 0.337. The Labute approximate surface area is 186 Å². The summed E-state index contributed by atoms with van der Waals surface area (Å²) in [4.78, 5) is 16.6. The number of anilines is 2. The van der Waals surface area contributed by atoms with E-state index in [9.17, 15) is 9.18 Å². The van der Waals surface area contributed by atoms with E-state index in [0.717, 1.165) is 5.56 Å². The molecule has 164 valence electrons. The molecule has 2 N–H and O–H groups in total. The molecule has 5 aromatic rings. The van der Waals surface area contributed by atoms with E-state index in [2.05, 4.69) is 25.9 Å². The van der Waals surface area contributed by atoms with Crippen LogP contribution in [0.25, 0.3) is 22.2 Å². The number of halogens is 1. The van der Waals surface area contributed by atoms with Crippen LogP contribution in [0, 0.1) is 5.82 Å². The summed E-state index contributed by atoms with van der Waals surface area (Å²) in [6.45, 7) is 0. The molecule has 0 fully saturated rings. The van der Waals surface area contributed by atoms with Crippen LogP contribution >= 0.6 is 0 Å². The second-order valence-corrected chi connectivity index (χ2v) is 7.13. The van der Waals surface area contributed by atoms with Crippen LogP contribution in [0.15, 0.2) is 77.7 Å². The zero-order chi connectivity index (χ0) is 22.8. The number of fused-ring (bicyclic) bond motifs is 1. The smallest absolute Gasteiger partial charge is 0.325 e. The van der Waals surface area contributed by atoms with Gasteiger partial charge in [-0.25, -0.2) is 9.18 Å². The van der Waals surface area contributed by atoms with Gasteiger partial charge in [0.05, 0.1) is 23.0 Å². The van der Waals surface area contributed by atoms with Crippen LogP contribution in [0.5, 0.6) is 11.5 Å². The standard InChI is InChI=1S/C23H17FN6O3/c1-30-13-14(12-26-30)20-11-16(8-9-25-20)32-15-6-7-19(18(24)10-15)27-23(31)28-22-17-4-2-3-5-21(17)33-29-22/h2-13H,1H3,(H2,27,28,29,31). The number of urea groups is 1. The van der Waals surface area contributed by atoms with E-state index in [-0.39, 0.29) is 17.3 Å². The lowest BCUT2D eigenvalue weighted by Gasteiger charge is -2.10. The number of hydrogen-bond donors (Lipinski definition) is 2. The molecule has 3 heterocycles. The lowest BCUT2D eigenvalue weighted by Crippen LogP contribution is -2.20. The molecule has 2 amide bonds. The van der Waals surface area contributed by atoms with Gasteiger partial charge in [-0.15, -0.1) is 0 Å². The molecular formula is C23H17FN6O3. The maximum Gasteiger partial charge on any atom is 0.325 e. The number of aromatic nitrogens is 4. The molecule has 0 saturated heterocycles. The van der Waals surface area contributed by atoms with Crippen molar-refractivity contribution in [3.63, 3.8) is 0 Å². The molecule has 0 aliphatic rings. The number of hydrogen-bond acceptors (Lipinski definition) is 6. The number of amides is 2. The van der Waals surface area contributed by atoms with E-state index in [4.69, 9.17) is 9.26 Å². The Kier molecular flexibility index (Phi) is 5.15. The van der Waals surface area contributed by atoms with Gasteiger partial charge in [-0.05, 0) is 30.3 Å². The van der Waals surface area contributed by atoms with E-state index in [1.54, 1.807) is 59.5 Å². The number of ether oxygens (including phenoxy) is 1. The normalized spacial score (nSPS) is 10.8. The molecule has 0 bridgehead atoms. The molecule has 10 heteroatoms. The van der Waals surface area contributed by atoms with E-state index in [1.807, 2.05) is 13.2 Å². The highest BCUT2D eigenvalue weighted by atomic mass is 19.1. The summed E-state index contributed by atoms with van der Waals surface area (Å²) in [6, 6.07) is 14.0. The number of pyridine rings is 1. The number of aryl methyl sites for hydroxylation is 1. The van der Waals surface area contributed by atoms with Gasteiger partial charge in [0.25, 0.3) is 0 Å². The van der Waals surface area contributed by atoms with Gasteiger partial charge in [-0.3, -0.25) is 15.0 Å². The van der Waals surface area contributed by atoms with Crippen LogP contribution in [0.4, 0.5) is 20.7 Å². The van der Waals surface area contributed by atoms with Crippen LogP contribution < -0.4 is 15.4 Å². The number of para-hydroxylation sites is 1. The van der Waals surface area contributed by atoms with Crippen LogP contribution in [0.3, 0.4) is 0 Å². The molecule has 3 aromatic heterocycles. The van der Waals surface area contributed by atoms with Gasteiger partial charge < -0.3 is 14.6 Å². The molecule has 0 aliphatic heterocycles. The zero-order valence-electron chi connectivity index (χ0n) is 17.3. The Balaban J connectivity index is 1.27. The van der Waals surface area contributed by atoms with Gasteiger partial charge in [0, 0.05) is 37.1 Å². The van der Waals surface area contributed by atoms with Crippen molar-refractivity contribution >= 4 is 28.5 Å². The third-order valence-electron chi connectivity index (χ3n) is 4.77. The van der Waals surface area contributed by atoms with E-state index in [0.29, 0.717) is 22.4 Å². The largest absolute Gasteiger partial charge is 0.457 e. The molecule has 0 saturated carbocycles. The highest BCUT2D eigenvalue weighted by molar-refractivity contribution is 6.04. The van der Waals surface area contributed by atoms with Gasteiger partial charge in [0.2, 0.25) is 0 Å². The average molecular weight is 444 g/mol. The van der Waals surface area contributed by atoms with Gasteiger partial charge in [-0.1, -0.05) is 17.3 Å². The maximum atomic E-state index is 14.6. The Hall–Kier alpha value is -4.73. The number of carbonyl (C=O) groups excluding carboxylic acids is 1. The quantitative estimate of drug-likeness (QED) is 0.386. The molecule has 0 radical (unpaired) electrons. The minimum Gasteiger partial charge on any atom is -0.457 e. The van der Waals surface area contributed by atoms with Crippen molar-refractivity contribution in [2.45, 2.75) is 0 Å². The second kappa shape index (κ2) is 8.42.